The average Bonchev–Trinajstić information content (AvgIpc) is 2.07. The Labute approximate surface area is 87.4 Å². The van der Waals surface area contributed by atoms with Crippen molar-refractivity contribution in [1.29, 1.82) is 0 Å². The molecule has 1 aromatic heterocycles. The highest BCUT2D eigenvalue weighted by Crippen LogP contribution is 2.26. The van der Waals surface area contributed by atoms with Crippen LogP contribution in [-0.4, -0.2) is 16.3 Å². The molecule has 2 nitrogen and oxygen atoms in total. The molecule has 1 rings (SSSR count). The van der Waals surface area contributed by atoms with Crippen molar-refractivity contribution in [2.75, 3.05) is 0 Å². The Bertz CT molecular complexity index is 362. The van der Waals surface area contributed by atoms with Gasteiger partial charge in [0.2, 0.25) is 5.17 Å². The summed E-state index contributed by atoms with van der Waals surface area (Å²) >= 11 is 10.4. The zero-order chi connectivity index (χ0) is 10.8. The van der Waals surface area contributed by atoms with Crippen LogP contribution in [0, 0.1) is 0 Å². The average molecular weight is 243 g/mol. The van der Waals surface area contributed by atoms with Gasteiger partial charge in [-0.25, -0.2) is 9.98 Å². The van der Waals surface area contributed by atoms with Crippen molar-refractivity contribution in [3.63, 3.8) is 0 Å². The van der Waals surface area contributed by atoms with Crippen LogP contribution in [0.5, 0.6) is 0 Å². The number of hydrogen-bond acceptors (Lipinski definition) is 2. The third kappa shape index (κ3) is 2.85. The fourth-order valence-electron chi connectivity index (χ4n) is 0.616. The van der Waals surface area contributed by atoms with Crippen LogP contribution in [0.2, 0.25) is 5.02 Å². The first-order valence-corrected chi connectivity index (χ1v) is 4.09. The Balaban J connectivity index is 3.04. The molecule has 0 aliphatic carbocycles. The lowest BCUT2D eigenvalue weighted by Crippen LogP contribution is -2.16. The molecular formula is C7H3Cl2F3N2. The second-order valence-corrected chi connectivity index (χ2v) is 2.97. The smallest absolute Gasteiger partial charge is 0.236 e. The van der Waals surface area contributed by atoms with Crippen molar-refractivity contribution < 1.29 is 13.2 Å². The van der Waals surface area contributed by atoms with Crippen molar-refractivity contribution in [3.05, 3.63) is 23.4 Å². The van der Waals surface area contributed by atoms with E-state index in [-0.39, 0.29) is 10.8 Å². The van der Waals surface area contributed by atoms with Crippen LogP contribution >= 0.6 is 23.2 Å². The molecule has 0 saturated carbocycles. The molecular weight excluding hydrogens is 240 g/mol. The third-order valence-corrected chi connectivity index (χ3v) is 1.77. The van der Waals surface area contributed by atoms with E-state index in [0.29, 0.717) is 0 Å². The van der Waals surface area contributed by atoms with Crippen LogP contribution < -0.4 is 0 Å². The van der Waals surface area contributed by atoms with Gasteiger partial charge in [-0.3, -0.25) is 0 Å². The molecule has 0 N–H and O–H groups in total. The van der Waals surface area contributed by atoms with Gasteiger partial charge < -0.3 is 0 Å². The lowest BCUT2D eigenvalue weighted by molar-refractivity contribution is -0.0558. The van der Waals surface area contributed by atoms with Crippen LogP contribution in [0.25, 0.3) is 0 Å². The molecule has 0 amide bonds. The summed E-state index contributed by atoms with van der Waals surface area (Å²) in [6.45, 7) is 0. The maximum Gasteiger partial charge on any atom is 0.444 e. The fraction of sp³-hybridized carbons (Fsp3) is 0.143. The molecule has 0 aliphatic rings. The minimum atomic E-state index is -4.68. The number of nitrogens with zero attached hydrogens (tertiary/aromatic N) is 2. The molecule has 14 heavy (non-hydrogen) atoms. The van der Waals surface area contributed by atoms with Gasteiger partial charge in [0.1, 0.15) is 0 Å². The van der Waals surface area contributed by atoms with Crippen LogP contribution in [0.4, 0.5) is 19.0 Å². The number of alkyl halides is 3. The monoisotopic (exact) mass is 242 g/mol. The highest BCUT2D eigenvalue weighted by Gasteiger charge is 2.34. The summed E-state index contributed by atoms with van der Waals surface area (Å²) in [5, 5.41) is -1.49. The van der Waals surface area contributed by atoms with Gasteiger partial charge in [0.05, 0.1) is 5.02 Å². The van der Waals surface area contributed by atoms with Gasteiger partial charge in [0, 0.05) is 6.20 Å². The van der Waals surface area contributed by atoms with E-state index in [4.69, 9.17) is 23.2 Å². The van der Waals surface area contributed by atoms with E-state index in [2.05, 4.69) is 9.98 Å². The summed E-state index contributed by atoms with van der Waals surface area (Å²) in [6, 6.07) is 2.84. The summed E-state index contributed by atoms with van der Waals surface area (Å²) in [4.78, 5) is 6.57. The normalized spacial score (nSPS) is 13.1. The number of halogens is 5. The van der Waals surface area contributed by atoms with Crippen molar-refractivity contribution in [1.82, 2.24) is 4.98 Å². The number of rotatable bonds is 1. The summed E-state index contributed by atoms with van der Waals surface area (Å²) in [7, 11) is 0. The predicted octanol–water partition coefficient (Wildman–Crippen LogP) is 3.57. The minimum Gasteiger partial charge on any atom is -0.236 e. The second kappa shape index (κ2) is 4.14. The number of aromatic nitrogens is 1. The number of aliphatic imine (C=N–C) groups is 1. The molecule has 0 atom stereocenters. The molecule has 0 saturated heterocycles. The fourth-order valence-corrected chi connectivity index (χ4v) is 0.860. The summed E-state index contributed by atoms with van der Waals surface area (Å²) in [5.41, 5.74) is 0. The topological polar surface area (TPSA) is 25.2 Å². The molecule has 0 radical (unpaired) electrons. The Hall–Kier alpha value is -0.810. The maximum atomic E-state index is 11.9. The van der Waals surface area contributed by atoms with Crippen molar-refractivity contribution in [3.8, 4) is 0 Å². The van der Waals surface area contributed by atoms with Crippen LogP contribution in [0.15, 0.2) is 23.3 Å². The molecule has 1 heterocycles. The van der Waals surface area contributed by atoms with Crippen LogP contribution in [0.1, 0.15) is 0 Å². The molecule has 0 aliphatic heterocycles. The quantitative estimate of drug-likeness (QED) is 0.692. The van der Waals surface area contributed by atoms with E-state index >= 15 is 0 Å². The van der Waals surface area contributed by atoms with Gasteiger partial charge in [0.25, 0.3) is 0 Å². The van der Waals surface area contributed by atoms with Crippen LogP contribution in [0.3, 0.4) is 0 Å². The van der Waals surface area contributed by atoms with Crippen molar-refractivity contribution >= 4 is 34.2 Å². The molecule has 7 heteroatoms. The molecule has 76 valence electrons. The molecule has 0 unspecified atom stereocenters. The lowest BCUT2D eigenvalue weighted by Gasteiger charge is -2.02. The Kier molecular flexibility index (Phi) is 3.34. The van der Waals surface area contributed by atoms with E-state index in [9.17, 15) is 13.2 Å². The molecule has 0 spiro atoms. The Morgan fingerprint density at radius 1 is 1.43 bits per heavy atom. The molecule has 0 aromatic carbocycles. The van der Waals surface area contributed by atoms with Gasteiger partial charge in [-0.15, -0.1) is 0 Å². The van der Waals surface area contributed by atoms with E-state index < -0.39 is 11.3 Å². The van der Waals surface area contributed by atoms with Crippen molar-refractivity contribution in [2.45, 2.75) is 6.18 Å². The van der Waals surface area contributed by atoms with Crippen molar-refractivity contribution in [2.24, 2.45) is 4.99 Å². The molecule has 1 aromatic rings. The second-order valence-electron chi connectivity index (χ2n) is 2.21. The first kappa shape index (κ1) is 11.3. The largest absolute Gasteiger partial charge is 0.444 e. The Morgan fingerprint density at radius 3 is 2.57 bits per heavy atom. The summed E-state index contributed by atoms with van der Waals surface area (Å²) < 4.78 is 35.8. The van der Waals surface area contributed by atoms with Gasteiger partial charge in [0.15, 0.2) is 5.82 Å². The first-order valence-electron chi connectivity index (χ1n) is 3.33. The zero-order valence-corrected chi connectivity index (χ0v) is 8.03. The highest BCUT2D eigenvalue weighted by molar-refractivity contribution is 6.67. The van der Waals surface area contributed by atoms with Crippen LogP contribution in [-0.2, 0) is 0 Å². The molecule has 0 bridgehead atoms. The first-order chi connectivity index (χ1) is 6.41. The van der Waals surface area contributed by atoms with Gasteiger partial charge >= 0.3 is 6.18 Å². The standard InChI is InChI=1S/C7H3Cl2F3N2/c8-4-2-1-3-13-5(4)14-6(9)7(10,11)12/h1-3H. The highest BCUT2D eigenvalue weighted by atomic mass is 35.5. The molecule has 0 fully saturated rings. The van der Waals surface area contributed by atoms with E-state index in [0.717, 1.165) is 0 Å². The summed E-state index contributed by atoms with van der Waals surface area (Å²) in [5.74, 6) is -0.253. The van der Waals surface area contributed by atoms with Gasteiger partial charge in [-0.2, -0.15) is 13.2 Å². The lowest BCUT2D eigenvalue weighted by atomic mass is 10.5. The van der Waals surface area contributed by atoms with E-state index in [1.54, 1.807) is 0 Å². The van der Waals surface area contributed by atoms with Gasteiger partial charge in [-0.1, -0.05) is 23.2 Å². The minimum absolute atomic E-state index is 0.00917. The SMILES string of the molecule is FC(F)(F)C(Cl)=Nc1ncccc1Cl. The van der Waals surface area contributed by atoms with E-state index in [1.165, 1.54) is 18.3 Å². The number of hydrogen-bond donors (Lipinski definition) is 0. The third-order valence-electron chi connectivity index (χ3n) is 1.18. The Morgan fingerprint density at radius 2 is 2.07 bits per heavy atom. The zero-order valence-electron chi connectivity index (χ0n) is 6.52. The number of pyridine rings is 1. The maximum absolute atomic E-state index is 11.9. The predicted molar refractivity (Wildman–Crippen MR) is 48.3 cm³/mol. The summed E-state index contributed by atoms with van der Waals surface area (Å²) in [6.07, 6.45) is -3.41. The van der Waals surface area contributed by atoms with E-state index in [1.807, 2.05) is 0 Å². The van der Waals surface area contributed by atoms with Gasteiger partial charge in [-0.05, 0) is 12.1 Å².